The van der Waals surface area contributed by atoms with Gasteiger partial charge in [0.25, 0.3) is 11.8 Å². The van der Waals surface area contributed by atoms with Crippen molar-refractivity contribution in [1.82, 2.24) is 10.2 Å². The number of carbonyl (C=O) groups is 4. The molecule has 1 aliphatic rings. The van der Waals surface area contributed by atoms with Crippen molar-refractivity contribution >= 4 is 24.0 Å². The average Bonchev–Trinajstić information content (AvgIpc) is 2.73. The normalized spacial score (nSPS) is 14.9. The van der Waals surface area contributed by atoms with Crippen LogP contribution in [0.2, 0.25) is 0 Å². The van der Waals surface area contributed by atoms with Gasteiger partial charge in [0.2, 0.25) is 5.91 Å². The van der Waals surface area contributed by atoms with Gasteiger partial charge in [0.05, 0.1) is 17.2 Å². The fourth-order valence-electron chi connectivity index (χ4n) is 2.44. The van der Waals surface area contributed by atoms with Crippen LogP contribution < -0.4 is 5.32 Å². The van der Waals surface area contributed by atoms with Crippen molar-refractivity contribution in [3.8, 4) is 0 Å². The topological polar surface area (TPSA) is 83.6 Å². The molecule has 1 aromatic carbocycles. The molecule has 6 heteroatoms. The molecule has 1 N–H and O–H groups in total. The summed E-state index contributed by atoms with van der Waals surface area (Å²) in [6.07, 6.45) is 0.736. The lowest BCUT2D eigenvalue weighted by Gasteiger charge is -2.20. The first-order valence-electron chi connectivity index (χ1n) is 6.64. The molecule has 0 bridgehead atoms. The van der Waals surface area contributed by atoms with Crippen LogP contribution in [0, 0.1) is 6.92 Å². The van der Waals surface area contributed by atoms with E-state index in [2.05, 4.69) is 5.32 Å². The molecule has 0 saturated heterocycles. The van der Waals surface area contributed by atoms with Crippen molar-refractivity contribution in [2.24, 2.45) is 0 Å². The molecule has 0 spiro atoms. The highest BCUT2D eigenvalue weighted by Gasteiger charge is 2.40. The fraction of sp³-hybridized carbons (Fsp3) is 0.333. The maximum absolute atomic E-state index is 12.4. The summed E-state index contributed by atoms with van der Waals surface area (Å²) >= 11 is 0. The summed E-state index contributed by atoms with van der Waals surface area (Å²) in [5.74, 6) is -1.19. The monoisotopic (exact) mass is 288 g/mol. The Morgan fingerprint density at radius 2 is 2.05 bits per heavy atom. The van der Waals surface area contributed by atoms with E-state index in [1.807, 2.05) is 0 Å². The number of aldehydes is 1. The summed E-state index contributed by atoms with van der Waals surface area (Å²) < 4.78 is 0. The van der Waals surface area contributed by atoms with Crippen molar-refractivity contribution in [2.75, 3.05) is 7.05 Å². The predicted molar refractivity (Wildman–Crippen MR) is 74.8 cm³/mol. The number of imide groups is 1. The first kappa shape index (κ1) is 14.9. The third kappa shape index (κ3) is 2.56. The minimum Gasteiger partial charge on any atom is -0.359 e. The summed E-state index contributed by atoms with van der Waals surface area (Å²) in [6.45, 7) is 1.74. The number of hydrogen-bond donors (Lipinski definition) is 1. The van der Waals surface area contributed by atoms with E-state index in [1.54, 1.807) is 25.1 Å². The lowest BCUT2D eigenvalue weighted by Crippen LogP contribution is -2.41. The molecule has 110 valence electrons. The van der Waals surface area contributed by atoms with Gasteiger partial charge in [-0.15, -0.1) is 0 Å². The summed E-state index contributed by atoms with van der Waals surface area (Å²) in [5, 5.41) is 2.44. The molecule has 21 heavy (non-hydrogen) atoms. The lowest BCUT2D eigenvalue weighted by molar-refractivity contribution is -0.121. The van der Waals surface area contributed by atoms with Crippen molar-refractivity contribution in [1.29, 1.82) is 0 Å². The second-order valence-corrected chi connectivity index (χ2v) is 4.89. The molecule has 3 amide bonds. The molecule has 1 unspecified atom stereocenters. The number of benzene rings is 1. The Kier molecular flexibility index (Phi) is 4.16. The van der Waals surface area contributed by atoms with Crippen LogP contribution in [0.3, 0.4) is 0 Å². The molecule has 1 atom stereocenters. The predicted octanol–water partition coefficient (Wildman–Crippen LogP) is 0.685. The van der Waals surface area contributed by atoms with Crippen LogP contribution in [-0.4, -0.2) is 42.0 Å². The Morgan fingerprint density at radius 3 is 2.62 bits per heavy atom. The second kappa shape index (κ2) is 5.87. The molecule has 1 aliphatic heterocycles. The number of rotatable bonds is 5. The second-order valence-electron chi connectivity index (χ2n) is 4.89. The summed E-state index contributed by atoms with van der Waals surface area (Å²) in [5.41, 5.74) is 1.35. The standard InChI is InChI=1S/C15H16N2O4/c1-9-4-3-5-11-13(9)15(21)17(14(11)20)10(8-18)6-7-12(19)16-2/h3-5,8,10H,6-7H2,1-2H3,(H,16,19). The van der Waals surface area contributed by atoms with Gasteiger partial charge in [-0.1, -0.05) is 12.1 Å². The quantitative estimate of drug-likeness (QED) is 0.638. The molecule has 1 heterocycles. The van der Waals surface area contributed by atoms with Crippen LogP contribution in [0.4, 0.5) is 0 Å². The van der Waals surface area contributed by atoms with E-state index in [4.69, 9.17) is 0 Å². The Morgan fingerprint density at radius 1 is 1.33 bits per heavy atom. The smallest absolute Gasteiger partial charge is 0.262 e. The van der Waals surface area contributed by atoms with Gasteiger partial charge in [-0.05, 0) is 25.0 Å². The fourth-order valence-corrected chi connectivity index (χ4v) is 2.44. The van der Waals surface area contributed by atoms with Gasteiger partial charge >= 0.3 is 0 Å². The maximum Gasteiger partial charge on any atom is 0.262 e. The number of nitrogens with zero attached hydrogens (tertiary/aromatic N) is 1. The highest BCUT2D eigenvalue weighted by Crippen LogP contribution is 2.27. The van der Waals surface area contributed by atoms with Gasteiger partial charge in [-0.2, -0.15) is 0 Å². The Hall–Kier alpha value is -2.50. The molecule has 0 radical (unpaired) electrons. The molecule has 6 nitrogen and oxygen atoms in total. The molecule has 0 aliphatic carbocycles. The average molecular weight is 288 g/mol. The van der Waals surface area contributed by atoms with E-state index in [-0.39, 0.29) is 18.7 Å². The molecule has 2 rings (SSSR count). The maximum atomic E-state index is 12.4. The van der Waals surface area contributed by atoms with Gasteiger partial charge in [0.15, 0.2) is 0 Å². The van der Waals surface area contributed by atoms with Crippen molar-refractivity contribution in [3.05, 3.63) is 34.9 Å². The lowest BCUT2D eigenvalue weighted by atomic mass is 10.0. The molecule has 0 saturated carbocycles. The minimum absolute atomic E-state index is 0.0757. The summed E-state index contributed by atoms with van der Waals surface area (Å²) in [4.78, 5) is 48.2. The van der Waals surface area contributed by atoms with E-state index in [0.29, 0.717) is 23.0 Å². The van der Waals surface area contributed by atoms with E-state index < -0.39 is 17.9 Å². The van der Waals surface area contributed by atoms with Crippen molar-refractivity contribution in [3.63, 3.8) is 0 Å². The first-order valence-corrected chi connectivity index (χ1v) is 6.64. The van der Waals surface area contributed by atoms with E-state index in [9.17, 15) is 19.2 Å². The number of carbonyl (C=O) groups excluding carboxylic acids is 4. The van der Waals surface area contributed by atoms with E-state index in [0.717, 1.165) is 4.90 Å². The SMILES string of the molecule is CNC(=O)CCC(C=O)N1C(=O)c2cccc(C)c2C1=O. The van der Waals surface area contributed by atoms with Crippen LogP contribution >= 0.6 is 0 Å². The molecule has 0 aromatic heterocycles. The van der Waals surface area contributed by atoms with Gasteiger partial charge in [-0.25, -0.2) is 0 Å². The highest BCUT2D eigenvalue weighted by atomic mass is 16.2. The van der Waals surface area contributed by atoms with Crippen LogP contribution in [0.5, 0.6) is 0 Å². The largest absolute Gasteiger partial charge is 0.359 e. The number of amides is 3. The van der Waals surface area contributed by atoms with Crippen LogP contribution in [0.1, 0.15) is 39.1 Å². The zero-order valence-electron chi connectivity index (χ0n) is 11.9. The third-order valence-corrected chi connectivity index (χ3v) is 3.59. The molecular formula is C15H16N2O4. The minimum atomic E-state index is -0.922. The number of fused-ring (bicyclic) bond motifs is 1. The Labute approximate surface area is 122 Å². The van der Waals surface area contributed by atoms with Gasteiger partial charge in [0, 0.05) is 13.5 Å². The first-order chi connectivity index (χ1) is 10.0. The number of nitrogens with one attached hydrogen (secondary N) is 1. The van der Waals surface area contributed by atoms with E-state index in [1.165, 1.54) is 7.05 Å². The van der Waals surface area contributed by atoms with Gasteiger partial charge < -0.3 is 10.1 Å². The Balaban J connectivity index is 2.27. The van der Waals surface area contributed by atoms with Crippen LogP contribution in [0.15, 0.2) is 18.2 Å². The summed E-state index contributed by atoms with van der Waals surface area (Å²) in [7, 11) is 1.49. The number of aryl methyl sites for hydroxylation is 1. The third-order valence-electron chi connectivity index (χ3n) is 3.59. The molecule has 0 fully saturated rings. The van der Waals surface area contributed by atoms with Crippen molar-refractivity contribution < 1.29 is 19.2 Å². The molecular weight excluding hydrogens is 272 g/mol. The van der Waals surface area contributed by atoms with Gasteiger partial charge in [0.1, 0.15) is 6.29 Å². The zero-order valence-corrected chi connectivity index (χ0v) is 11.9. The van der Waals surface area contributed by atoms with Crippen LogP contribution in [-0.2, 0) is 9.59 Å². The Bertz CT molecular complexity index is 624. The van der Waals surface area contributed by atoms with Crippen LogP contribution in [0.25, 0.3) is 0 Å². The zero-order chi connectivity index (χ0) is 15.6. The van der Waals surface area contributed by atoms with E-state index >= 15 is 0 Å². The van der Waals surface area contributed by atoms with Crippen molar-refractivity contribution in [2.45, 2.75) is 25.8 Å². The molecule has 1 aromatic rings. The number of hydrogen-bond acceptors (Lipinski definition) is 4. The summed E-state index contributed by atoms with van der Waals surface area (Å²) in [6, 6.07) is 4.09. The van der Waals surface area contributed by atoms with Gasteiger partial charge in [-0.3, -0.25) is 19.3 Å². The highest BCUT2D eigenvalue weighted by molar-refractivity contribution is 6.23.